The summed E-state index contributed by atoms with van der Waals surface area (Å²) in [6.45, 7) is 4.68. The summed E-state index contributed by atoms with van der Waals surface area (Å²) < 4.78 is 0. The number of hydrogen-bond donors (Lipinski definition) is 1. The van der Waals surface area contributed by atoms with E-state index in [4.69, 9.17) is 23.2 Å². The van der Waals surface area contributed by atoms with Crippen LogP contribution >= 0.6 is 34.5 Å². The van der Waals surface area contributed by atoms with Crippen LogP contribution in [0.25, 0.3) is 21.3 Å². The molecule has 1 fully saturated rings. The minimum atomic E-state index is -0.107. The molecule has 0 bridgehead atoms. The number of thiazole rings is 1. The molecule has 4 rings (SSSR count). The second-order valence-corrected chi connectivity index (χ2v) is 8.60. The third-order valence-electron chi connectivity index (χ3n) is 4.96. The van der Waals surface area contributed by atoms with Crippen LogP contribution in [0.1, 0.15) is 42.2 Å². The SMILES string of the molecule is Cc1ccc(-c2sc(-c3nnn[nH]3)nc2C(=O)N2CCCC[C@@H]2C)c(Cl)c1Cl. The van der Waals surface area contributed by atoms with E-state index < -0.39 is 0 Å². The van der Waals surface area contributed by atoms with Gasteiger partial charge in [-0.2, -0.15) is 0 Å². The van der Waals surface area contributed by atoms with Crippen molar-refractivity contribution in [2.45, 2.75) is 39.2 Å². The molecule has 146 valence electrons. The lowest BCUT2D eigenvalue weighted by molar-refractivity contribution is 0.0631. The zero-order valence-electron chi connectivity index (χ0n) is 15.4. The molecule has 1 amide bonds. The van der Waals surface area contributed by atoms with Crippen LogP contribution in [-0.2, 0) is 0 Å². The molecule has 1 aliphatic rings. The normalized spacial score (nSPS) is 17.1. The van der Waals surface area contributed by atoms with Gasteiger partial charge >= 0.3 is 0 Å². The first-order valence-electron chi connectivity index (χ1n) is 8.98. The van der Waals surface area contributed by atoms with E-state index in [9.17, 15) is 4.79 Å². The number of carbonyl (C=O) groups excluding carboxylic acids is 1. The summed E-state index contributed by atoms with van der Waals surface area (Å²) in [5, 5.41) is 15.2. The Balaban J connectivity index is 1.85. The average molecular weight is 437 g/mol. The third kappa shape index (κ3) is 3.40. The standard InChI is InChI=1S/C18H18Cl2N6OS/c1-9-6-7-11(13(20)12(9)19)15-14(18(27)26-8-4-3-5-10(26)2)21-17(28-15)16-22-24-25-23-16/h6-7,10H,3-5,8H2,1-2H3,(H,22,23,24,25)/t10-/m0/s1. The summed E-state index contributed by atoms with van der Waals surface area (Å²) in [4.78, 5) is 20.5. The van der Waals surface area contributed by atoms with Gasteiger partial charge in [0.25, 0.3) is 5.91 Å². The molecule has 0 spiro atoms. The molecule has 10 heteroatoms. The number of aryl methyl sites for hydroxylation is 1. The quantitative estimate of drug-likeness (QED) is 0.646. The lowest BCUT2D eigenvalue weighted by Crippen LogP contribution is -2.42. The van der Waals surface area contributed by atoms with Crippen LogP contribution in [0, 0.1) is 6.92 Å². The number of amides is 1. The van der Waals surface area contributed by atoms with Crippen LogP contribution in [0.2, 0.25) is 10.0 Å². The minimum absolute atomic E-state index is 0.107. The number of carbonyl (C=O) groups is 1. The van der Waals surface area contributed by atoms with Gasteiger partial charge in [0.15, 0.2) is 5.01 Å². The molecule has 0 unspecified atom stereocenters. The number of likely N-dealkylation sites (tertiary alicyclic amines) is 1. The predicted octanol–water partition coefficient (Wildman–Crippen LogP) is 4.62. The van der Waals surface area contributed by atoms with Crippen molar-refractivity contribution in [2.75, 3.05) is 6.54 Å². The fraction of sp³-hybridized carbons (Fsp3) is 0.389. The highest BCUT2D eigenvalue weighted by Gasteiger charge is 2.30. The maximum Gasteiger partial charge on any atom is 0.274 e. The number of piperidine rings is 1. The van der Waals surface area contributed by atoms with E-state index in [-0.39, 0.29) is 11.9 Å². The number of aromatic amines is 1. The summed E-state index contributed by atoms with van der Waals surface area (Å²) in [7, 11) is 0. The average Bonchev–Trinajstić information content (AvgIpc) is 3.36. The van der Waals surface area contributed by atoms with Crippen molar-refractivity contribution in [1.82, 2.24) is 30.5 Å². The van der Waals surface area contributed by atoms with Crippen molar-refractivity contribution in [2.24, 2.45) is 0 Å². The first-order chi connectivity index (χ1) is 13.5. The molecule has 1 saturated heterocycles. The van der Waals surface area contributed by atoms with E-state index >= 15 is 0 Å². The lowest BCUT2D eigenvalue weighted by atomic mass is 10.0. The Morgan fingerprint density at radius 3 is 2.82 bits per heavy atom. The number of rotatable bonds is 3. The molecule has 1 aromatic carbocycles. The number of hydrogen-bond acceptors (Lipinski definition) is 6. The molecule has 0 radical (unpaired) electrons. The maximum absolute atomic E-state index is 13.4. The van der Waals surface area contributed by atoms with Gasteiger partial charge in [-0.05, 0) is 49.1 Å². The fourth-order valence-corrected chi connectivity index (χ4v) is 4.91. The molecular formula is C18H18Cl2N6OS. The second-order valence-electron chi connectivity index (χ2n) is 6.85. The molecular weight excluding hydrogens is 419 g/mol. The summed E-state index contributed by atoms with van der Waals surface area (Å²) in [5.41, 5.74) is 1.91. The van der Waals surface area contributed by atoms with E-state index in [0.717, 1.165) is 31.4 Å². The molecule has 7 nitrogen and oxygen atoms in total. The number of nitrogens with one attached hydrogen (secondary N) is 1. The molecule has 28 heavy (non-hydrogen) atoms. The Morgan fingerprint density at radius 2 is 2.11 bits per heavy atom. The molecule has 3 heterocycles. The summed E-state index contributed by atoms with van der Waals surface area (Å²) in [6.07, 6.45) is 3.11. The lowest BCUT2D eigenvalue weighted by Gasteiger charge is -2.33. The predicted molar refractivity (Wildman–Crippen MR) is 110 cm³/mol. The molecule has 1 atom stereocenters. The van der Waals surface area contributed by atoms with Crippen LogP contribution in [0.4, 0.5) is 0 Å². The highest BCUT2D eigenvalue weighted by molar-refractivity contribution is 7.18. The van der Waals surface area contributed by atoms with Crippen molar-refractivity contribution in [1.29, 1.82) is 0 Å². The van der Waals surface area contributed by atoms with Crippen molar-refractivity contribution in [3.63, 3.8) is 0 Å². The first kappa shape index (κ1) is 19.3. The number of benzene rings is 1. The summed E-state index contributed by atoms with van der Waals surface area (Å²) >= 11 is 14.2. The van der Waals surface area contributed by atoms with E-state index in [1.807, 2.05) is 24.0 Å². The van der Waals surface area contributed by atoms with Crippen LogP contribution in [0.5, 0.6) is 0 Å². The largest absolute Gasteiger partial charge is 0.335 e. The van der Waals surface area contributed by atoms with E-state index in [0.29, 0.717) is 37.0 Å². The highest BCUT2D eigenvalue weighted by atomic mass is 35.5. The van der Waals surface area contributed by atoms with Crippen molar-refractivity contribution in [3.05, 3.63) is 33.4 Å². The first-order valence-corrected chi connectivity index (χ1v) is 10.6. The van der Waals surface area contributed by atoms with Crippen LogP contribution in [0.3, 0.4) is 0 Å². The minimum Gasteiger partial charge on any atom is -0.335 e. The fourth-order valence-electron chi connectivity index (χ4n) is 3.36. The van der Waals surface area contributed by atoms with Gasteiger partial charge < -0.3 is 4.90 Å². The van der Waals surface area contributed by atoms with Crippen molar-refractivity contribution >= 4 is 40.4 Å². The second kappa shape index (κ2) is 7.77. The highest BCUT2D eigenvalue weighted by Crippen LogP contribution is 2.42. The molecule has 0 aliphatic carbocycles. The van der Waals surface area contributed by atoms with Crippen LogP contribution < -0.4 is 0 Å². The number of aromatic nitrogens is 5. The van der Waals surface area contributed by atoms with E-state index in [1.165, 1.54) is 11.3 Å². The molecule has 1 aliphatic heterocycles. The van der Waals surface area contributed by atoms with Gasteiger partial charge in [-0.1, -0.05) is 35.3 Å². The zero-order valence-corrected chi connectivity index (χ0v) is 17.7. The van der Waals surface area contributed by atoms with Gasteiger partial charge in [-0.3, -0.25) is 4.79 Å². The topological polar surface area (TPSA) is 87.7 Å². The van der Waals surface area contributed by atoms with Gasteiger partial charge in [0, 0.05) is 18.2 Å². The number of tetrazole rings is 1. The van der Waals surface area contributed by atoms with Gasteiger partial charge in [0.05, 0.1) is 14.9 Å². The van der Waals surface area contributed by atoms with E-state index in [1.54, 1.807) is 0 Å². The van der Waals surface area contributed by atoms with Gasteiger partial charge in [0.2, 0.25) is 5.82 Å². The summed E-state index contributed by atoms with van der Waals surface area (Å²) in [5.74, 6) is 0.302. The zero-order chi connectivity index (χ0) is 19.8. The Morgan fingerprint density at radius 1 is 1.29 bits per heavy atom. The third-order valence-corrected chi connectivity index (χ3v) is 7.03. The number of nitrogens with zero attached hydrogens (tertiary/aromatic N) is 5. The van der Waals surface area contributed by atoms with Gasteiger partial charge in [-0.25, -0.2) is 10.1 Å². The molecule has 3 aromatic rings. The maximum atomic E-state index is 13.4. The van der Waals surface area contributed by atoms with Crippen molar-refractivity contribution < 1.29 is 4.79 Å². The Bertz CT molecular complexity index is 1020. The van der Waals surface area contributed by atoms with Crippen molar-refractivity contribution in [3.8, 4) is 21.3 Å². The molecule has 1 N–H and O–H groups in total. The van der Waals surface area contributed by atoms with Crippen LogP contribution in [-0.4, -0.2) is 49.0 Å². The molecule has 0 saturated carbocycles. The van der Waals surface area contributed by atoms with Gasteiger partial charge in [0.1, 0.15) is 5.69 Å². The number of H-pyrrole nitrogens is 1. The molecule has 2 aromatic heterocycles. The smallest absolute Gasteiger partial charge is 0.274 e. The summed E-state index contributed by atoms with van der Waals surface area (Å²) in [6, 6.07) is 3.93. The van der Waals surface area contributed by atoms with E-state index in [2.05, 4.69) is 32.5 Å². The Hall–Kier alpha value is -2.03. The number of halogens is 2. The van der Waals surface area contributed by atoms with Crippen LogP contribution in [0.15, 0.2) is 12.1 Å². The Kier molecular flexibility index (Phi) is 5.35. The Labute approximate surface area is 176 Å². The van der Waals surface area contributed by atoms with Gasteiger partial charge in [-0.15, -0.1) is 16.4 Å². The monoisotopic (exact) mass is 436 g/mol.